The van der Waals surface area contributed by atoms with Crippen molar-refractivity contribution < 1.29 is 4.74 Å². The van der Waals surface area contributed by atoms with Crippen molar-refractivity contribution in [3.05, 3.63) is 54.1 Å². The molecular weight excluding hydrogens is 356 g/mol. The molecule has 1 N–H and O–H groups in total. The number of methoxy groups -OCH3 is 1. The molecule has 4 rings (SSSR count). The quantitative estimate of drug-likeness (QED) is 0.767. The zero-order valence-electron chi connectivity index (χ0n) is 15.9. The molecule has 2 aliphatic rings. The Morgan fingerprint density at radius 1 is 1.19 bits per heavy atom. The predicted octanol–water partition coefficient (Wildman–Crippen LogP) is 3.83. The first-order valence-electron chi connectivity index (χ1n) is 9.93. The van der Waals surface area contributed by atoms with E-state index in [0.29, 0.717) is 12.6 Å². The van der Waals surface area contributed by atoms with Gasteiger partial charge in [-0.1, -0.05) is 25.3 Å². The fourth-order valence-corrected chi connectivity index (χ4v) is 4.91. The second-order valence-electron chi connectivity index (χ2n) is 7.44. The van der Waals surface area contributed by atoms with Crippen molar-refractivity contribution in [3.63, 3.8) is 0 Å². The van der Waals surface area contributed by atoms with Crippen molar-refractivity contribution in [3.8, 4) is 0 Å². The molecule has 0 spiro atoms. The molecule has 0 aromatic carbocycles. The maximum absolute atomic E-state index is 5.83. The van der Waals surface area contributed by atoms with Gasteiger partial charge in [-0.05, 0) is 49.3 Å². The summed E-state index contributed by atoms with van der Waals surface area (Å²) in [4.78, 5) is 7.11. The molecule has 2 aromatic rings. The molecule has 2 fully saturated rings. The molecule has 5 nitrogen and oxygen atoms in total. The number of aromatic nitrogens is 2. The van der Waals surface area contributed by atoms with Crippen LogP contribution in [0.25, 0.3) is 0 Å². The predicted molar refractivity (Wildman–Crippen MR) is 110 cm³/mol. The Morgan fingerprint density at radius 3 is 2.78 bits per heavy atom. The molecule has 6 heteroatoms. The highest BCUT2D eigenvalue weighted by Gasteiger charge is 2.44. The van der Waals surface area contributed by atoms with E-state index in [9.17, 15) is 0 Å². The topological polar surface area (TPSA) is 42.3 Å². The highest BCUT2D eigenvalue weighted by atomic mass is 32.1. The number of pyridine rings is 1. The summed E-state index contributed by atoms with van der Waals surface area (Å²) in [5.41, 5.74) is 2.32. The van der Waals surface area contributed by atoms with Crippen LogP contribution in [0.3, 0.4) is 0 Å². The first-order valence-corrected chi connectivity index (χ1v) is 10.3. The molecule has 0 bridgehead atoms. The van der Waals surface area contributed by atoms with E-state index >= 15 is 0 Å². The Hall–Kier alpha value is -1.92. The number of nitrogens with zero attached hydrogens (tertiary/aromatic N) is 3. The van der Waals surface area contributed by atoms with E-state index in [0.717, 1.165) is 17.4 Å². The molecule has 3 heterocycles. The van der Waals surface area contributed by atoms with Gasteiger partial charge in [0.2, 0.25) is 0 Å². The second kappa shape index (κ2) is 8.40. The van der Waals surface area contributed by atoms with Crippen LogP contribution in [0.1, 0.15) is 55.6 Å². The van der Waals surface area contributed by atoms with Gasteiger partial charge >= 0.3 is 0 Å². The third-order valence-electron chi connectivity index (χ3n) is 5.81. The molecule has 144 valence electrons. The van der Waals surface area contributed by atoms with E-state index in [1.54, 1.807) is 7.11 Å². The maximum Gasteiger partial charge on any atom is 0.170 e. The molecule has 0 amide bonds. The molecule has 27 heavy (non-hydrogen) atoms. The number of ether oxygens (including phenoxy) is 1. The number of nitrogens with one attached hydrogen (secondary N) is 1. The molecule has 2 unspecified atom stereocenters. The van der Waals surface area contributed by atoms with Gasteiger partial charge in [-0.2, -0.15) is 0 Å². The smallest absolute Gasteiger partial charge is 0.170 e. The Bertz CT molecular complexity index is 757. The average Bonchev–Trinajstić information content (AvgIpc) is 3.31. The van der Waals surface area contributed by atoms with Crippen molar-refractivity contribution in [1.82, 2.24) is 19.8 Å². The van der Waals surface area contributed by atoms with Crippen LogP contribution in [0.4, 0.5) is 0 Å². The first-order chi connectivity index (χ1) is 13.3. The van der Waals surface area contributed by atoms with Crippen molar-refractivity contribution in [2.75, 3.05) is 13.7 Å². The van der Waals surface area contributed by atoms with Gasteiger partial charge in [0, 0.05) is 37.8 Å². The van der Waals surface area contributed by atoms with Crippen molar-refractivity contribution >= 4 is 17.3 Å². The Morgan fingerprint density at radius 2 is 2.04 bits per heavy atom. The zero-order valence-corrected chi connectivity index (χ0v) is 16.7. The van der Waals surface area contributed by atoms with E-state index in [-0.39, 0.29) is 12.1 Å². The second-order valence-corrected chi connectivity index (χ2v) is 7.83. The van der Waals surface area contributed by atoms with Gasteiger partial charge in [0.25, 0.3) is 0 Å². The van der Waals surface area contributed by atoms with Crippen molar-refractivity contribution in [2.24, 2.45) is 0 Å². The minimum Gasteiger partial charge on any atom is -0.383 e. The summed E-state index contributed by atoms with van der Waals surface area (Å²) >= 11 is 5.83. The van der Waals surface area contributed by atoms with Crippen LogP contribution < -0.4 is 5.32 Å². The lowest BCUT2D eigenvalue weighted by Crippen LogP contribution is -2.41. The van der Waals surface area contributed by atoms with E-state index < -0.39 is 0 Å². The van der Waals surface area contributed by atoms with Crippen LogP contribution in [0.5, 0.6) is 0 Å². The minimum absolute atomic E-state index is 0.0665. The highest BCUT2D eigenvalue weighted by molar-refractivity contribution is 7.80. The number of thiocarbonyl (C=S) groups is 1. The Balaban J connectivity index is 1.72. The van der Waals surface area contributed by atoms with E-state index in [1.807, 2.05) is 12.3 Å². The molecule has 1 saturated heterocycles. The van der Waals surface area contributed by atoms with Gasteiger partial charge in [0.15, 0.2) is 5.11 Å². The first kappa shape index (κ1) is 18.4. The fourth-order valence-electron chi connectivity index (χ4n) is 4.52. The molecule has 2 atom stereocenters. The summed E-state index contributed by atoms with van der Waals surface area (Å²) in [7, 11) is 1.75. The van der Waals surface area contributed by atoms with Crippen molar-refractivity contribution in [1.29, 1.82) is 0 Å². The Kier molecular flexibility index (Phi) is 5.74. The average molecular weight is 385 g/mol. The summed E-state index contributed by atoms with van der Waals surface area (Å²) in [6.07, 6.45) is 10.3. The third kappa shape index (κ3) is 3.73. The van der Waals surface area contributed by atoms with Gasteiger partial charge < -0.3 is 19.5 Å². The van der Waals surface area contributed by atoms with E-state index in [2.05, 4.69) is 50.2 Å². The monoisotopic (exact) mass is 384 g/mol. The van der Waals surface area contributed by atoms with Crippen molar-refractivity contribution in [2.45, 2.75) is 56.8 Å². The summed E-state index contributed by atoms with van der Waals surface area (Å²) < 4.78 is 7.62. The third-order valence-corrected chi connectivity index (χ3v) is 6.14. The SMILES string of the molecule is COCCn1cccc1C1C(c2ccccn2)NC(=S)N1C1CCCCC1. The molecule has 1 saturated carbocycles. The molecule has 1 aliphatic carbocycles. The molecular formula is C21H28N4OS. The lowest BCUT2D eigenvalue weighted by atomic mass is 9.92. The molecule has 1 aliphatic heterocycles. The number of hydrogen-bond donors (Lipinski definition) is 1. The number of rotatable bonds is 6. The lowest BCUT2D eigenvalue weighted by molar-refractivity contribution is 0.174. The van der Waals surface area contributed by atoms with E-state index in [4.69, 9.17) is 17.0 Å². The van der Waals surface area contributed by atoms with Crippen LogP contribution in [0, 0.1) is 0 Å². The van der Waals surface area contributed by atoms with E-state index in [1.165, 1.54) is 37.8 Å². The summed E-state index contributed by atoms with van der Waals surface area (Å²) in [6.45, 7) is 1.54. The van der Waals surface area contributed by atoms with Gasteiger partial charge in [-0.25, -0.2) is 0 Å². The zero-order chi connectivity index (χ0) is 18.6. The fraction of sp³-hybridized carbons (Fsp3) is 0.524. The minimum atomic E-state index is 0.0665. The van der Waals surface area contributed by atoms with Gasteiger partial charge in [0.1, 0.15) is 0 Å². The molecule has 2 aromatic heterocycles. The van der Waals surface area contributed by atoms with Crippen LogP contribution in [0.15, 0.2) is 42.7 Å². The standard InChI is InChI=1S/C21H28N4OS/c1-26-15-14-24-13-7-11-18(24)20-19(17-10-5-6-12-22-17)23-21(27)25(20)16-8-3-2-4-9-16/h5-7,10-13,16,19-20H,2-4,8-9,14-15H2,1H3,(H,23,27). The Labute approximate surface area is 166 Å². The van der Waals surface area contributed by atoms with Crippen LogP contribution in [-0.4, -0.2) is 39.3 Å². The normalized spacial score (nSPS) is 23.6. The largest absolute Gasteiger partial charge is 0.383 e. The maximum atomic E-state index is 5.83. The highest BCUT2D eigenvalue weighted by Crippen LogP contribution is 2.42. The van der Waals surface area contributed by atoms with Crippen LogP contribution >= 0.6 is 12.2 Å². The summed E-state index contributed by atoms with van der Waals surface area (Å²) in [6, 6.07) is 11.2. The summed E-state index contributed by atoms with van der Waals surface area (Å²) in [5.74, 6) is 0. The van der Waals surface area contributed by atoms with Crippen LogP contribution in [-0.2, 0) is 11.3 Å². The van der Waals surface area contributed by atoms with Gasteiger partial charge in [-0.15, -0.1) is 0 Å². The summed E-state index contributed by atoms with van der Waals surface area (Å²) in [5, 5.41) is 4.45. The number of hydrogen-bond acceptors (Lipinski definition) is 3. The lowest BCUT2D eigenvalue weighted by Gasteiger charge is -2.37. The van der Waals surface area contributed by atoms with Gasteiger partial charge in [-0.3, -0.25) is 4.98 Å². The molecule has 0 radical (unpaired) electrons. The van der Waals surface area contributed by atoms with Crippen LogP contribution in [0.2, 0.25) is 0 Å². The van der Waals surface area contributed by atoms with Gasteiger partial charge in [0.05, 0.1) is 24.4 Å².